The standard InChI is InChI=1S/C19H23N3OS2/c23-18(22-9-6-19(7-10-22)5-8-20-13-19)16-3-1-2-4-17(16)25-12-15-11-24-14-21-15/h1-4,11,14,20H,5-10,12-13H2. The lowest BCUT2D eigenvalue weighted by molar-refractivity contribution is 0.0604. The molecule has 0 bridgehead atoms. The fraction of sp³-hybridized carbons (Fsp3) is 0.474. The first kappa shape index (κ1) is 17.1. The molecule has 0 radical (unpaired) electrons. The van der Waals surface area contributed by atoms with Crippen LogP contribution in [0.4, 0.5) is 0 Å². The number of piperidine rings is 1. The second-order valence-corrected chi connectivity index (χ2v) is 8.72. The molecule has 1 amide bonds. The molecule has 1 N–H and O–H groups in total. The minimum Gasteiger partial charge on any atom is -0.339 e. The number of thioether (sulfide) groups is 1. The van der Waals surface area contributed by atoms with Crippen molar-refractivity contribution in [3.05, 3.63) is 46.4 Å². The molecule has 0 aliphatic carbocycles. The summed E-state index contributed by atoms with van der Waals surface area (Å²) in [4.78, 5) is 20.5. The molecule has 6 heteroatoms. The Morgan fingerprint density at radius 2 is 2.12 bits per heavy atom. The predicted molar refractivity (Wildman–Crippen MR) is 103 cm³/mol. The molecule has 0 saturated carbocycles. The molecular formula is C19H23N3OS2. The maximum absolute atomic E-state index is 13.1. The second kappa shape index (κ2) is 7.48. The third-order valence-electron chi connectivity index (χ3n) is 5.42. The van der Waals surface area contributed by atoms with Gasteiger partial charge in [-0.25, -0.2) is 4.98 Å². The Kier molecular flexibility index (Phi) is 5.10. The number of carbonyl (C=O) groups excluding carboxylic acids is 1. The van der Waals surface area contributed by atoms with Crippen LogP contribution in [0.5, 0.6) is 0 Å². The first-order chi connectivity index (χ1) is 12.3. The molecule has 4 nitrogen and oxygen atoms in total. The molecule has 4 rings (SSSR count). The molecule has 2 aliphatic rings. The van der Waals surface area contributed by atoms with Crippen LogP contribution in [-0.4, -0.2) is 42.0 Å². The van der Waals surface area contributed by atoms with Crippen molar-refractivity contribution in [1.29, 1.82) is 0 Å². The van der Waals surface area contributed by atoms with Crippen molar-refractivity contribution in [2.24, 2.45) is 5.41 Å². The topological polar surface area (TPSA) is 45.2 Å². The summed E-state index contributed by atoms with van der Waals surface area (Å²) in [6.07, 6.45) is 3.51. The van der Waals surface area contributed by atoms with Gasteiger partial charge in [-0.3, -0.25) is 4.79 Å². The maximum atomic E-state index is 13.1. The van der Waals surface area contributed by atoms with E-state index in [9.17, 15) is 4.79 Å². The number of thiazole rings is 1. The molecule has 2 aliphatic heterocycles. The first-order valence-electron chi connectivity index (χ1n) is 8.85. The van der Waals surface area contributed by atoms with Gasteiger partial charge < -0.3 is 10.2 Å². The molecule has 1 aromatic carbocycles. The average Bonchev–Trinajstić information content (AvgIpc) is 3.33. The summed E-state index contributed by atoms with van der Waals surface area (Å²) in [5, 5.41) is 5.55. The van der Waals surface area contributed by atoms with E-state index in [1.54, 1.807) is 23.1 Å². The summed E-state index contributed by atoms with van der Waals surface area (Å²) >= 11 is 3.31. The van der Waals surface area contributed by atoms with E-state index in [1.165, 1.54) is 6.42 Å². The van der Waals surface area contributed by atoms with Gasteiger partial charge in [0, 0.05) is 35.7 Å². The lowest BCUT2D eigenvalue weighted by Gasteiger charge is -2.39. The number of nitrogens with zero attached hydrogens (tertiary/aromatic N) is 2. The quantitative estimate of drug-likeness (QED) is 0.831. The van der Waals surface area contributed by atoms with Crippen LogP contribution >= 0.6 is 23.1 Å². The molecule has 2 fully saturated rings. The summed E-state index contributed by atoms with van der Waals surface area (Å²) in [5.41, 5.74) is 4.21. The number of nitrogens with one attached hydrogen (secondary N) is 1. The number of rotatable bonds is 4. The van der Waals surface area contributed by atoms with Gasteiger partial charge in [-0.2, -0.15) is 0 Å². The number of carbonyl (C=O) groups is 1. The Hall–Kier alpha value is -1.37. The van der Waals surface area contributed by atoms with Crippen LogP contribution in [0.2, 0.25) is 0 Å². The number of hydrogen-bond acceptors (Lipinski definition) is 5. The Balaban J connectivity index is 1.43. The number of aromatic nitrogens is 1. The second-order valence-electron chi connectivity index (χ2n) is 6.98. The number of amides is 1. The Labute approximate surface area is 157 Å². The van der Waals surface area contributed by atoms with Crippen LogP contribution < -0.4 is 5.32 Å². The summed E-state index contributed by atoms with van der Waals surface area (Å²) in [7, 11) is 0. The van der Waals surface area contributed by atoms with Gasteiger partial charge in [-0.05, 0) is 43.4 Å². The smallest absolute Gasteiger partial charge is 0.254 e. The maximum Gasteiger partial charge on any atom is 0.254 e. The zero-order chi connectivity index (χ0) is 17.1. The third kappa shape index (κ3) is 3.76. The predicted octanol–water partition coefficient (Wildman–Crippen LogP) is 3.65. The lowest BCUT2D eigenvalue weighted by atomic mass is 9.78. The van der Waals surface area contributed by atoms with Crippen molar-refractivity contribution >= 4 is 29.0 Å². The van der Waals surface area contributed by atoms with Crippen molar-refractivity contribution in [3.8, 4) is 0 Å². The molecule has 0 unspecified atom stereocenters. The molecule has 3 heterocycles. The first-order valence-corrected chi connectivity index (χ1v) is 10.8. The Bertz CT molecular complexity index is 716. The van der Waals surface area contributed by atoms with Gasteiger partial charge >= 0.3 is 0 Å². The molecular weight excluding hydrogens is 350 g/mol. The van der Waals surface area contributed by atoms with Crippen LogP contribution in [0.1, 0.15) is 35.3 Å². The van der Waals surface area contributed by atoms with Gasteiger partial charge in [0.05, 0.1) is 16.8 Å². The third-order valence-corrected chi connectivity index (χ3v) is 7.16. The van der Waals surface area contributed by atoms with Gasteiger partial charge in [0.2, 0.25) is 0 Å². The Morgan fingerprint density at radius 1 is 1.28 bits per heavy atom. The molecule has 2 saturated heterocycles. The van der Waals surface area contributed by atoms with Gasteiger partial charge in [0.15, 0.2) is 0 Å². The molecule has 2 aromatic rings. The highest BCUT2D eigenvalue weighted by Gasteiger charge is 2.38. The minimum absolute atomic E-state index is 0.183. The van der Waals surface area contributed by atoms with Crippen LogP contribution in [0.3, 0.4) is 0 Å². The van der Waals surface area contributed by atoms with Crippen molar-refractivity contribution < 1.29 is 4.79 Å². The van der Waals surface area contributed by atoms with E-state index in [1.807, 2.05) is 28.6 Å². The van der Waals surface area contributed by atoms with E-state index in [0.717, 1.165) is 60.9 Å². The zero-order valence-corrected chi connectivity index (χ0v) is 15.9. The fourth-order valence-electron chi connectivity index (χ4n) is 3.81. The van der Waals surface area contributed by atoms with Crippen molar-refractivity contribution in [2.75, 3.05) is 26.2 Å². The zero-order valence-electron chi connectivity index (χ0n) is 14.2. The van der Waals surface area contributed by atoms with E-state index in [0.29, 0.717) is 5.41 Å². The van der Waals surface area contributed by atoms with E-state index in [2.05, 4.69) is 21.7 Å². The molecule has 0 atom stereocenters. The monoisotopic (exact) mass is 373 g/mol. The summed E-state index contributed by atoms with van der Waals surface area (Å²) in [6.45, 7) is 4.01. The van der Waals surface area contributed by atoms with E-state index >= 15 is 0 Å². The summed E-state index contributed by atoms with van der Waals surface area (Å²) in [5.74, 6) is 0.991. The van der Waals surface area contributed by atoms with Crippen LogP contribution in [0.25, 0.3) is 0 Å². The van der Waals surface area contributed by atoms with Crippen molar-refractivity contribution in [2.45, 2.75) is 29.9 Å². The SMILES string of the molecule is O=C(c1ccccc1SCc1cscn1)N1CCC2(CCNC2)CC1. The normalized spacial score (nSPS) is 19.4. The van der Waals surface area contributed by atoms with Crippen molar-refractivity contribution in [3.63, 3.8) is 0 Å². The van der Waals surface area contributed by atoms with Gasteiger partial charge in [0.25, 0.3) is 5.91 Å². The highest BCUT2D eigenvalue weighted by Crippen LogP contribution is 2.37. The minimum atomic E-state index is 0.183. The lowest BCUT2D eigenvalue weighted by Crippen LogP contribution is -2.44. The van der Waals surface area contributed by atoms with E-state index in [4.69, 9.17) is 0 Å². The molecule has 1 aromatic heterocycles. The average molecular weight is 374 g/mol. The van der Waals surface area contributed by atoms with Gasteiger partial charge in [-0.15, -0.1) is 23.1 Å². The molecule has 25 heavy (non-hydrogen) atoms. The molecule has 1 spiro atoms. The highest BCUT2D eigenvalue weighted by atomic mass is 32.2. The summed E-state index contributed by atoms with van der Waals surface area (Å²) in [6, 6.07) is 7.99. The van der Waals surface area contributed by atoms with Crippen LogP contribution in [0.15, 0.2) is 40.1 Å². The highest BCUT2D eigenvalue weighted by molar-refractivity contribution is 7.98. The van der Waals surface area contributed by atoms with Crippen molar-refractivity contribution in [1.82, 2.24) is 15.2 Å². The number of benzene rings is 1. The summed E-state index contributed by atoms with van der Waals surface area (Å²) < 4.78 is 0. The largest absolute Gasteiger partial charge is 0.339 e. The fourth-order valence-corrected chi connectivity index (χ4v) is 5.42. The van der Waals surface area contributed by atoms with E-state index in [-0.39, 0.29) is 5.91 Å². The van der Waals surface area contributed by atoms with Gasteiger partial charge in [0.1, 0.15) is 0 Å². The van der Waals surface area contributed by atoms with Gasteiger partial charge in [-0.1, -0.05) is 12.1 Å². The molecule has 132 valence electrons. The van der Waals surface area contributed by atoms with Crippen LogP contribution in [0, 0.1) is 5.41 Å². The number of likely N-dealkylation sites (tertiary alicyclic amines) is 1. The van der Waals surface area contributed by atoms with E-state index < -0.39 is 0 Å². The number of hydrogen-bond donors (Lipinski definition) is 1. The Morgan fingerprint density at radius 3 is 2.84 bits per heavy atom. The van der Waals surface area contributed by atoms with Crippen LogP contribution in [-0.2, 0) is 5.75 Å².